The maximum atomic E-state index is 10.7. The number of carbonyl (C=O) groups is 1. The molecule has 0 amide bonds. The summed E-state index contributed by atoms with van der Waals surface area (Å²) in [5, 5.41) is 11.8. The van der Waals surface area contributed by atoms with Crippen LogP contribution in [0.3, 0.4) is 0 Å². The van der Waals surface area contributed by atoms with Gasteiger partial charge in [0.25, 0.3) is 0 Å². The minimum atomic E-state index is -0.708. The third-order valence-corrected chi connectivity index (χ3v) is 2.69. The van der Waals surface area contributed by atoms with Crippen molar-refractivity contribution in [2.45, 2.75) is 25.3 Å². The first-order chi connectivity index (χ1) is 5.27. The zero-order valence-electron chi connectivity index (χ0n) is 6.34. The lowest BCUT2D eigenvalue weighted by atomic mass is 9.93. The number of hydrogen-bond acceptors (Lipinski definition) is 2. The molecule has 1 saturated heterocycles. The molecule has 0 aromatic heterocycles. The van der Waals surface area contributed by atoms with Crippen LogP contribution in [0, 0.1) is 11.8 Å². The molecule has 61 valence electrons. The average Bonchev–Trinajstić information content (AvgIpc) is 2.32. The number of aliphatic carboxylic acids is 1. The van der Waals surface area contributed by atoms with Crippen LogP contribution in [0.5, 0.6) is 0 Å². The molecule has 1 radical (unpaired) electrons. The van der Waals surface area contributed by atoms with E-state index < -0.39 is 5.97 Å². The largest absolute Gasteiger partial charge is 0.480 e. The predicted octanol–water partition coefficient (Wildman–Crippen LogP) is 0.417. The molecule has 3 heteroatoms. The van der Waals surface area contributed by atoms with Crippen molar-refractivity contribution in [1.29, 1.82) is 0 Å². The highest BCUT2D eigenvalue weighted by atomic mass is 16.4. The second kappa shape index (κ2) is 2.48. The second-order valence-electron chi connectivity index (χ2n) is 3.45. The summed E-state index contributed by atoms with van der Waals surface area (Å²) in [6.07, 6.45) is 3.25. The van der Waals surface area contributed by atoms with Crippen LogP contribution in [0.15, 0.2) is 0 Å². The zero-order chi connectivity index (χ0) is 7.84. The fraction of sp³-hybridized carbons (Fsp3) is 0.750. The maximum Gasteiger partial charge on any atom is 0.321 e. The van der Waals surface area contributed by atoms with E-state index >= 15 is 0 Å². The first kappa shape index (κ1) is 7.10. The van der Waals surface area contributed by atoms with Crippen molar-refractivity contribution in [1.82, 2.24) is 5.32 Å². The Hall–Kier alpha value is -0.570. The van der Waals surface area contributed by atoms with Gasteiger partial charge >= 0.3 is 5.97 Å². The highest BCUT2D eigenvalue weighted by Crippen LogP contribution is 2.37. The third-order valence-electron chi connectivity index (χ3n) is 2.69. The Balaban J connectivity index is 2.07. The molecule has 2 unspecified atom stereocenters. The fourth-order valence-electron chi connectivity index (χ4n) is 2.09. The Morgan fingerprint density at radius 2 is 2.45 bits per heavy atom. The molecule has 1 aliphatic heterocycles. The Labute approximate surface area is 65.8 Å². The van der Waals surface area contributed by atoms with E-state index in [2.05, 4.69) is 5.32 Å². The Morgan fingerprint density at radius 1 is 1.64 bits per heavy atom. The molecular formula is C8H12NO2. The molecule has 2 N–H and O–H groups in total. The van der Waals surface area contributed by atoms with Crippen LogP contribution in [0.1, 0.15) is 19.3 Å². The number of hydrogen-bond donors (Lipinski definition) is 2. The van der Waals surface area contributed by atoms with Crippen molar-refractivity contribution in [2.75, 3.05) is 6.54 Å². The second-order valence-corrected chi connectivity index (χ2v) is 3.45. The van der Waals surface area contributed by atoms with Gasteiger partial charge in [0.1, 0.15) is 6.04 Å². The maximum absolute atomic E-state index is 10.7. The van der Waals surface area contributed by atoms with E-state index in [9.17, 15) is 4.79 Å². The molecule has 2 fully saturated rings. The normalized spacial score (nSPS) is 37.5. The molecule has 3 nitrogen and oxygen atoms in total. The molecule has 11 heavy (non-hydrogen) atoms. The summed E-state index contributed by atoms with van der Waals surface area (Å²) in [5.74, 6) is 1.22. The molecule has 0 spiro atoms. The SMILES string of the molecule is O=C(O)C1NCC2CC[C]1C2. The summed E-state index contributed by atoms with van der Waals surface area (Å²) in [6.45, 7) is 0.889. The van der Waals surface area contributed by atoms with Crippen LogP contribution >= 0.6 is 0 Å². The number of nitrogens with one attached hydrogen (secondary N) is 1. The van der Waals surface area contributed by atoms with E-state index in [0.29, 0.717) is 0 Å². The van der Waals surface area contributed by atoms with Gasteiger partial charge < -0.3 is 10.4 Å². The van der Waals surface area contributed by atoms with E-state index in [-0.39, 0.29) is 6.04 Å². The van der Waals surface area contributed by atoms with Gasteiger partial charge in [-0.1, -0.05) is 0 Å². The van der Waals surface area contributed by atoms with Gasteiger partial charge in [0, 0.05) is 5.92 Å². The van der Waals surface area contributed by atoms with Crippen molar-refractivity contribution in [3.05, 3.63) is 5.92 Å². The summed E-state index contributed by atoms with van der Waals surface area (Å²) in [4.78, 5) is 10.7. The molecule has 1 saturated carbocycles. The summed E-state index contributed by atoms with van der Waals surface area (Å²) < 4.78 is 0. The highest BCUT2D eigenvalue weighted by molar-refractivity contribution is 5.76. The number of rotatable bonds is 1. The number of carboxylic acid groups (broad SMARTS) is 1. The van der Waals surface area contributed by atoms with Gasteiger partial charge in [-0.15, -0.1) is 0 Å². The van der Waals surface area contributed by atoms with Crippen molar-refractivity contribution in [2.24, 2.45) is 5.92 Å². The Bertz CT molecular complexity index is 181. The van der Waals surface area contributed by atoms with Crippen LogP contribution < -0.4 is 5.32 Å². The molecule has 2 aliphatic rings. The molecular weight excluding hydrogens is 142 g/mol. The van der Waals surface area contributed by atoms with Crippen molar-refractivity contribution in [3.63, 3.8) is 0 Å². The van der Waals surface area contributed by atoms with E-state index in [1.165, 1.54) is 12.3 Å². The fourth-order valence-corrected chi connectivity index (χ4v) is 2.09. The lowest BCUT2D eigenvalue weighted by Gasteiger charge is -2.26. The van der Waals surface area contributed by atoms with E-state index in [0.717, 1.165) is 25.3 Å². The molecule has 1 heterocycles. The molecule has 2 atom stereocenters. The highest BCUT2D eigenvalue weighted by Gasteiger charge is 2.39. The van der Waals surface area contributed by atoms with Gasteiger partial charge in [-0.05, 0) is 31.7 Å². The smallest absolute Gasteiger partial charge is 0.321 e. The van der Waals surface area contributed by atoms with Crippen molar-refractivity contribution < 1.29 is 9.90 Å². The minimum absolute atomic E-state index is 0.339. The number of carboxylic acids is 1. The lowest BCUT2D eigenvalue weighted by molar-refractivity contribution is -0.139. The van der Waals surface area contributed by atoms with Crippen LogP contribution in [0.25, 0.3) is 0 Å². The summed E-state index contributed by atoms with van der Waals surface area (Å²) in [7, 11) is 0. The topological polar surface area (TPSA) is 49.3 Å². The third kappa shape index (κ3) is 1.13. The van der Waals surface area contributed by atoms with E-state index in [1.54, 1.807) is 0 Å². The molecule has 0 aromatic carbocycles. The van der Waals surface area contributed by atoms with Crippen molar-refractivity contribution in [3.8, 4) is 0 Å². The minimum Gasteiger partial charge on any atom is -0.480 e. The molecule has 2 bridgehead atoms. The van der Waals surface area contributed by atoms with Gasteiger partial charge in [-0.25, -0.2) is 0 Å². The first-order valence-corrected chi connectivity index (χ1v) is 4.08. The zero-order valence-corrected chi connectivity index (χ0v) is 6.34. The predicted molar refractivity (Wildman–Crippen MR) is 40.0 cm³/mol. The number of piperidine rings is 1. The average molecular weight is 154 g/mol. The quantitative estimate of drug-likeness (QED) is 0.575. The van der Waals surface area contributed by atoms with Gasteiger partial charge in [-0.2, -0.15) is 0 Å². The van der Waals surface area contributed by atoms with Crippen LogP contribution in [-0.2, 0) is 4.79 Å². The van der Waals surface area contributed by atoms with Crippen LogP contribution in [0.4, 0.5) is 0 Å². The van der Waals surface area contributed by atoms with Gasteiger partial charge in [0.2, 0.25) is 0 Å². The van der Waals surface area contributed by atoms with E-state index in [4.69, 9.17) is 5.11 Å². The van der Waals surface area contributed by atoms with Crippen LogP contribution in [-0.4, -0.2) is 23.7 Å². The Kier molecular flexibility index (Phi) is 1.60. The van der Waals surface area contributed by atoms with E-state index in [1.807, 2.05) is 0 Å². The number of fused-ring (bicyclic) bond motifs is 2. The van der Waals surface area contributed by atoms with Gasteiger partial charge in [-0.3, -0.25) is 4.79 Å². The monoisotopic (exact) mass is 154 g/mol. The summed E-state index contributed by atoms with van der Waals surface area (Å²) in [5.41, 5.74) is 0. The van der Waals surface area contributed by atoms with Gasteiger partial charge in [0.05, 0.1) is 0 Å². The summed E-state index contributed by atoms with van der Waals surface area (Å²) >= 11 is 0. The molecule has 1 aliphatic carbocycles. The lowest BCUT2D eigenvalue weighted by Crippen LogP contribution is -2.45. The summed E-state index contributed by atoms with van der Waals surface area (Å²) in [6, 6.07) is -0.339. The molecule has 2 rings (SSSR count). The molecule has 0 aromatic rings. The first-order valence-electron chi connectivity index (χ1n) is 4.08. The van der Waals surface area contributed by atoms with Crippen molar-refractivity contribution >= 4 is 5.97 Å². The Morgan fingerprint density at radius 3 is 3.18 bits per heavy atom. The van der Waals surface area contributed by atoms with Gasteiger partial charge in [0.15, 0.2) is 0 Å². The van der Waals surface area contributed by atoms with Crippen LogP contribution in [0.2, 0.25) is 0 Å². The standard InChI is InChI=1S/C8H12NO2/c10-8(11)7-6-2-1-5(3-6)4-9-7/h5,7,9H,1-4H2,(H,10,11).